The molecule has 11 aromatic carbocycles. The standard InChI is InChI=1S/C64H40N2O2/c1-2-13-45-40-46(25-24-41(45)12-1)42-26-32-47(33-27-42)65(48-34-28-43(29-35-48)50-18-11-23-61-63(50)55-17-6-10-22-60(55)67-61)58-39-38-54-53-16-5-9-21-59(53)68-64(54)62(58)44-30-36-49(37-31-44)66-56-19-7-3-14-51(56)52-15-4-8-20-57(52)66/h1-40H. The van der Waals surface area contributed by atoms with Crippen molar-refractivity contribution in [2.45, 2.75) is 0 Å². The molecule has 0 fully saturated rings. The highest BCUT2D eigenvalue weighted by molar-refractivity contribution is 6.15. The average Bonchev–Trinajstić information content (AvgIpc) is 4.09. The highest BCUT2D eigenvalue weighted by atomic mass is 16.3. The molecule has 0 bridgehead atoms. The quantitative estimate of drug-likeness (QED) is 0.160. The third-order valence-corrected chi connectivity index (χ3v) is 13.8. The van der Waals surface area contributed by atoms with Crippen LogP contribution in [0.4, 0.5) is 17.1 Å². The van der Waals surface area contributed by atoms with E-state index in [0.717, 1.165) is 94.4 Å². The molecule has 14 aromatic rings. The van der Waals surface area contributed by atoms with Crippen LogP contribution in [0.15, 0.2) is 251 Å². The van der Waals surface area contributed by atoms with E-state index in [0.29, 0.717) is 0 Å². The van der Waals surface area contributed by atoms with Crippen molar-refractivity contribution in [2.75, 3.05) is 4.90 Å². The molecule has 0 aliphatic rings. The first-order chi connectivity index (χ1) is 33.7. The summed E-state index contributed by atoms with van der Waals surface area (Å²) in [5, 5.41) is 9.34. The SMILES string of the molecule is c1ccc2cc(-c3ccc(N(c4ccc(-c5cccc6oc7ccccc7c56)cc4)c4ccc5c(oc6ccccc65)c4-c4ccc(-n5c6ccccc6c6ccccc65)cc4)cc3)ccc2c1. The molecular formula is C64H40N2O2. The molecule has 0 aliphatic carbocycles. The first-order valence-electron chi connectivity index (χ1n) is 23.2. The molecule has 0 saturated carbocycles. The summed E-state index contributed by atoms with van der Waals surface area (Å²) >= 11 is 0. The number of anilines is 3. The summed E-state index contributed by atoms with van der Waals surface area (Å²) in [6.45, 7) is 0. The maximum absolute atomic E-state index is 6.94. The summed E-state index contributed by atoms with van der Waals surface area (Å²) in [5.74, 6) is 0. The second-order valence-electron chi connectivity index (χ2n) is 17.6. The lowest BCUT2D eigenvalue weighted by Gasteiger charge is -2.28. The lowest BCUT2D eigenvalue weighted by molar-refractivity contribution is 0.669. The number of rotatable bonds is 7. The van der Waals surface area contributed by atoms with E-state index in [2.05, 4.69) is 234 Å². The van der Waals surface area contributed by atoms with Gasteiger partial charge in [-0.05, 0) is 124 Å². The summed E-state index contributed by atoms with van der Waals surface area (Å²) < 4.78 is 15.6. The van der Waals surface area contributed by atoms with E-state index in [1.807, 2.05) is 18.2 Å². The number of benzene rings is 11. The normalized spacial score (nSPS) is 11.8. The van der Waals surface area contributed by atoms with Crippen molar-refractivity contribution in [3.63, 3.8) is 0 Å². The number of aromatic nitrogens is 1. The zero-order valence-corrected chi connectivity index (χ0v) is 36.8. The third-order valence-electron chi connectivity index (χ3n) is 13.8. The summed E-state index contributed by atoms with van der Waals surface area (Å²) in [7, 11) is 0. The molecule has 0 aliphatic heterocycles. The van der Waals surface area contributed by atoms with Crippen LogP contribution in [0.3, 0.4) is 0 Å². The van der Waals surface area contributed by atoms with E-state index >= 15 is 0 Å². The Morgan fingerprint density at radius 3 is 1.62 bits per heavy atom. The fourth-order valence-electron chi connectivity index (χ4n) is 10.6. The minimum Gasteiger partial charge on any atom is -0.456 e. The lowest BCUT2D eigenvalue weighted by atomic mass is 9.97. The highest BCUT2D eigenvalue weighted by Gasteiger charge is 2.24. The molecular weight excluding hydrogens is 829 g/mol. The minimum absolute atomic E-state index is 0.848. The Morgan fingerprint density at radius 1 is 0.338 bits per heavy atom. The zero-order valence-electron chi connectivity index (χ0n) is 36.8. The Balaban J connectivity index is 0.962. The number of hydrogen-bond acceptors (Lipinski definition) is 3. The van der Waals surface area contributed by atoms with Gasteiger partial charge in [-0.3, -0.25) is 0 Å². The van der Waals surface area contributed by atoms with Gasteiger partial charge in [0.15, 0.2) is 0 Å². The van der Waals surface area contributed by atoms with Crippen LogP contribution < -0.4 is 4.90 Å². The van der Waals surface area contributed by atoms with Gasteiger partial charge in [0.05, 0.1) is 16.7 Å². The maximum Gasteiger partial charge on any atom is 0.145 e. The number of furan rings is 2. The van der Waals surface area contributed by atoms with Crippen molar-refractivity contribution in [3.05, 3.63) is 243 Å². The highest BCUT2D eigenvalue weighted by Crippen LogP contribution is 2.48. The maximum atomic E-state index is 6.94. The molecule has 0 saturated heterocycles. The van der Waals surface area contributed by atoms with Crippen LogP contribution in [-0.4, -0.2) is 4.57 Å². The van der Waals surface area contributed by atoms with Gasteiger partial charge in [0.25, 0.3) is 0 Å². The fourth-order valence-corrected chi connectivity index (χ4v) is 10.6. The molecule has 0 unspecified atom stereocenters. The predicted molar refractivity (Wildman–Crippen MR) is 284 cm³/mol. The Bertz CT molecular complexity index is 4200. The van der Waals surface area contributed by atoms with Gasteiger partial charge in [0.2, 0.25) is 0 Å². The number of fused-ring (bicyclic) bond motifs is 10. The molecule has 4 nitrogen and oxygen atoms in total. The van der Waals surface area contributed by atoms with Gasteiger partial charge >= 0.3 is 0 Å². The molecule has 4 heteroatoms. The van der Waals surface area contributed by atoms with E-state index in [1.165, 1.54) is 38.1 Å². The molecule has 68 heavy (non-hydrogen) atoms. The summed E-state index contributed by atoms with van der Waals surface area (Å²) in [6.07, 6.45) is 0. The number of nitrogens with zero attached hydrogens (tertiary/aromatic N) is 2. The minimum atomic E-state index is 0.848. The molecule has 0 N–H and O–H groups in total. The number of hydrogen-bond donors (Lipinski definition) is 0. The molecule has 3 aromatic heterocycles. The average molecular weight is 869 g/mol. The second-order valence-corrected chi connectivity index (χ2v) is 17.6. The Morgan fingerprint density at radius 2 is 0.897 bits per heavy atom. The van der Waals surface area contributed by atoms with Gasteiger partial charge in [-0.25, -0.2) is 0 Å². The van der Waals surface area contributed by atoms with Crippen LogP contribution in [0.2, 0.25) is 0 Å². The largest absolute Gasteiger partial charge is 0.456 e. The topological polar surface area (TPSA) is 34.5 Å². The van der Waals surface area contributed by atoms with E-state index in [1.54, 1.807) is 0 Å². The van der Waals surface area contributed by atoms with Gasteiger partial charge in [-0.2, -0.15) is 0 Å². The van der Waals surface area contributed by atoms with E-state index in [9.17, 15) is 0 Å². The van der Waals surface area contributed by atoms with Gasteiger partial charge in [0, 0.05) is 54.9 Å². The summed E-state index contributed by atoms with van der Waals surface area (Å²) in [4.78, 5) is 2.38. The fraction of sp³-hybridized carbons (Fsp3) is 0. The molecule has 0 radical (unpaired) electrons. The first-order valence-corrected chi connectivity index (χ1v) is 23.2. The van der Waals surface area contributed by atoms with Gasteiger partial charge < -0.3 is 18.3 Å². The smallest absolute Gasteiger partial charge is 0.145 e. The zero-order chi connectivity index (χ0) is 44.7. The molecule has 0 spiro atoms. The van der Waals surface area contributed by atoms with Crippen LogP contribution in [0.5, 0.6) is 0 Å². The van der Waals surface area contributed by atoms with Crippen molar-refractivity contribution in [1.29, 1.82) is 0 Å². The Labute approximate surface area is 391 Å². The van der Waals surface area contributed by atoms with Gasteiger partial charge in [-0.1, -0.05) is 158 Å². The number of para-hydroxylation sites is 4. The summed E-state index contributed by atoms with van der Waals surface area (Å²) in [6, 6.07) is 87.0. The van der Waals surface area contributed by atoms with Crippen molar-refractivity contribution in [3.8, 4) is 39.1 Å². The van der Waals surface area contributed by atoms with E-state index in [-0.39, 0.29) is 0 Å². The van der Waals surface area contributed by atoms with Crippen molar-refractivity contribution < 1.29 is 8.83 Å². The molecule has 3 heterocycles. The first kappa shape index (κ1) is 38.2. The van der Waals surface area contributed by atoms with Crippen LogP contribution in [0.1, 0.15) is 0 Å². The molecule has 14 rings (SSSR count). The Kier molecular flexibility index (Phi) is 8.55. The van der Waals surface area contributed by atoms with Crippen molar-refractivity contribution in [1.82, 2.24) is 4.57 Å². The molecule has 318 valence electrons. The predicted octanol–water partition coefficient (Wildman–Crippen LogP) is 18.2. The molecule has 0 atom stereocenters. The lowest BCUT2D eigenvalue weighted by Crippen LogP contribution is -2.11. The Hall–Kier alpha value is -9.12. The third kappa shape index (κ3) is 6.01. The van der Waals surface area contributed by atoms with Crippen LogP contribution in [-0.2, 0) is 0 Å². The van der Waals surface area contributed by atoms with Crippen molar-refractivity contribution in [2.24, 2.45) is 0 Å². The van der Waals surface area contributed by atoms with Gasteiger partial charge in [0.1, 0.15) is 22.3 Å². The van der Waals surface area contributed by atoms with E-state index in [4.69, 9.17) is 8.83 Å². The van der Waals surface area contributed by atoms with Crippen LogP contribution in [0.25, 0.3) is 116 Å². The second kappa shape index (κ2) is 15.2. The molecule has 0 amide bonds. The monoisotopic (exact) mass is 868 g/mol. The van der Waals surface area contributed by atoms with Crippen LogP contribution >= 0.6 is 0 Å². The summed E-state index contributed by atoms with van der Waals surface area (Å²) in [5.41, 5.74) is 16.7. The van der Waals surface area contributed by atoms with E-state index < -0.39 is 0 Å². The van der Waals surface area contributed by atoms with Gasteiger partial charge in [-0.15, -0.1) is 0 Å². The van der Waals surface area contributed by atoms with Crippen molar-refractivity contribution >= 4 is 93.5 Å². The van der Waals surface area contributed by atoms with Crippen LogP contribution in [0, 0.1) is 0 Å².